The lowest BCUT2D eigenvalue weighted by Gasteiger charge is -2.44. The Hall–Kier alpha value is -1.02. The third kappa shape index (κ3) is 2.39. The van der Waals surface area contributed by atoms with E-state index in [-0.39, 0.29) is 5.54 Å². The van der Waals surface area contributed by atoms with Gasteiger partial charge in [-0.25, -0.2) is 0 Å². The van der Waals surface area contributed by atoms with Crippen molar-refractivity contribution in [2.75, 3.05) is 18.0 Å². The number of anilines is 1. The zero-order valence-electron chi connectivity index (χ0n) is 12.4. The molecule has 0 bridgehead atoms. The van der Waals surface area contributed by atoms with Gasteiger partial charge in [-0.05, 0) is 58.7 Å². The Balaban J connectivity index is 2.50. The van der Waals surface area contributed by atoms with Crippen LogP contribution in [0.3, 0.4) is 0 Å². The number of rotatable bonds is 1. The third-order valence-corrected chi connectivity index (χ3v) is 4.13. The molecule has 1 aliphatic rings. The summed E-state index contributed by atoms with van der Waals surface area (Å²) in [6.07, 6.45) is 1.19. The Kier molecular flexibility index (Phi) is 3.67. The Morgan fingerprint density at radius 1 is 1.22 bits per heavy atom. The van der Waals surface area contributed by atoms with Gasteiger partial charge in [-0.2, -0.15) is 0 Å². The molecule has 1 fully saturated rings. The maximum atomic E-state index is 3.55. The van der Waals surface area contributed by atoms with E-state index in [1.54, 1.807) is 0 Å². The molecule has 0 radical (unpaired) electrons. The largest absolute Gasteiger partial charge is 0.362 e. The topological polar surface area (TPSA) is 15.3 Å². The van der Waals surface area contributed by atoms with Gasteiger partial charge in [-0.15, -0.1) is 0 Å². The highest BCUT2D eigenvalue weighted by atomic mass is 15.2. The molecule has 2 heteroatoms. The van der Waals surface area contributed by atoms with Crippen molar-refractivity contribution in [2.24, 2.45) is 0 Å². The molecule has 1 aromatic rings. The van der Waals surface area contributed by atoms with Crippen molar-refractivity contribution in [1.82, 2.24) is 5.32 Å². The summed E-state index contributed by atoms with van der Waals surface area (Å²) in [6.45, 7) is 13.7. The first kappa shape index (κ1) is 13.4. The molecule has 18 heavy (non-hydrogen) atoms. The van der Waals surface area contributed by atoms with Crippen molar-refractivity contribution in [3.8, 4) is 0 Å². The summed E-state index contributed by atoms with van der Waals surface area (Å²) >= 11 is 0. The highest BCUT2D eigenvalue weighted by Crippen LogP contribution is 2.34. The second-order valence-electron chi connectivity index (χ2n) is 6.23. The molecule has 1 atom stereocenters. The van der Waals surface area contributed by atoms with Gasteiger partial charge in [-0.3, -0.25) is 0 Å². The van der Waals surface area contributed by atoms with Crippen molar-refractivity contribution in [2.45, 2.75) is 52.6 Å². The zero-order valence-corrected chi connectivity index (χ0v) is 12.4. The zero-order chi connectivity index (χ0) is 13.3. The molecule has 2 rings (SSSR count). The van der Waals surface area contributed by atoms with E-state index in [4.69, 9.17) is 0 Å². The quantitative estimate of drug-likeness (QED) is 0.818. The number of nitrogens with zero attached hydrogens (tertiary/aromatic N) is 1. The summed E-state index contributed by atoms with van der Waals surface area (Å²) in [5, 5.41) is 3.55. The molecule has 0 saturated carbocycles. The van der Waals surface area contributed by atoms with Gasteiger partial charge in [0, 0.05) is 23.8 Å². The van der Waals surface area contributed by atoms with Crippen molar-refractivity contribution < 1.29 is 0 Å². The molecular weight excluding hydrogens is 220 g/mol. The predicted molar refractivity (Wildman–Crippen MR) is 79.4 cm³/mol. The van der Waals surface area contributed by atoms with Crippen LogP contribution in [0.25, 0.3) is 0 Å². The lowest BCUT2D eigenvalue weighted by atomic mass is 9.94. The van der Waals surface area contributed by atoms with Crippen molar-refractivity contribution in [3.63, 3.8) is 0 Å². The Bertz CT molecular complexity index is 403. The van der Waals surface area contributed by atoms with E-state index in [0.717, 1.165) is 13.1 Å². The third-order valence-electron chi connectivity index (χ3n) is 4.13. The minimum atomic E-state index is 0.208. The van der Waals surface area contributed by atoms with Crippen LogP contribution < -0.4 is 10.2 Å². The molecule has 0 amide bonds. The molecule has 1 aromatic carbocycles. The molecule has 1 heterocycles. The highest BCUT2D eigenvalue weighted by Gasteiger charge is 2.33. The standard InChI is InChI=1S/C16H26N2/c1-12-7-6-8-13(2)15(12)18-14(3)11-17-10-9-16(18,4)5/h6-8,14,17H,9-11H2,1-5H3. The summed E-state index contributed by atoms with van der Waals surface area (Å²) in [5.74, 6) is 0. The van der Waals surface area contributed by atoms with Crippen LogP contribution in [0, 0.1) is 13.8 Å². The second-order valence-corrected chi connectivity index (χ2v) is 6.23. The monoisotopic (exact) mass is 246 g/mol. The summed E-state index contributed by atoms with van der Waals surface area (Å²) in [7, 11) is 0. The van der Waals surface area contributed by atoms with Gasteiger partial charge in [-0.1, -0.05) is 18.2 Å². The number of nitrogens with one attached hydrogen (secondary N) is 1. The van der Waals surface area contributed by atoms with Crippen molar-refractivity contribution >= 4 is 5.69 Å². The van der Waals surface area contributed by atoms with E-state index in [1.807, 2.05) is 0 Å². The summed E-state index contributed by atoms with van der Waals surface area (Å²) < 4.78 is 0. The fraction of sp³-hybridized carbons (Fsp3) is 0.625. The molecule has 1 N–H and O–H groups in total. The maximum Gasteiger partial charge on any atom is 0.0432 e. The van der Waals surface area contributed by atoms with Crippen molar-refractivity contribution in [1.29, 1.82) is 0 Å². The lowest BCUT2D eigenvalue weighted by Crippen LogP contribution is -2.50. The van der Waals surface area contributed by atoms with Crippen LogP contribution in [-0.4, -0.2) is 24.7 Å². The average Bonchev–Trinajstić information content (AvgIpc) is 2.40. The smallest absolute Gasteiger partial charge is 0.0432 e. The molecular formula is C16H26N2. The second kappa shape index (κ2) is 4.93. The minimum absolute atomic E-state index is 0.208. The van der Waals surface area contributed by atoms with Crippen LogP contribution >= 0.6 is 0 Å². The van der Waals surface area contributed by atoms with Crippen LogP contribution in [0.4, 0.5) is 5.69 Å². The fourth-order valence-corrected chi connectivity index (χ4v) is 3.22. The number of benzene rings is 1. The lowest BCUT2D eigenvalue weighted by molar-refractivity contribution is 0.425. The van der Waals surface area contributed by atoms with Gasteiger partial charge in [0.1, 0.15) is 0 Å². The SMILES string of the molecule is Cc1cccc(C)c1N1C(C)CNCCC1(C)C. The Labute approximate surface area is 111 Å². The maximum absolute atomic E-state index is 3.55. The molecule has 2 nitrogen and oxygen atoms in total. The molecule has 1 saturated heterocycles. The molecule has 100 valence electrons. The van der Waals surface area contributed by atoms with E-state index in [9.17, 15) is 0 Å². The summed E-state index contributed by atoms with van der Waals surface area (Å²) in [4.78, 5) is 2.62. The highest BCUT2D eigenvalue weighted by molar-refractivity contribution is 5.61. The van der Waals surface area contributed by atoms with Crippen LogP contribution in [0.5, 0.6) is 0 Å². The van der Waals surface area contributed by atoms with Gasteiger partial charge in [0.25, 0.3) is 0 Å². The van der Waals surface area contributed by atoms with Crippen LogP contribution in [-0.2, 0) is 0 Å². The summed E-state index contributed by atoms with van der Waals surface area (Å²) in [6, 6.07) is 7.14. The van der Waals surface area contributed by atoms with Crippen molar-refractivity contribution in [3.05, 3.63) is 29.3 Å². The average molecular weight is 246 g/mol. The van der Waals surface area contributed by atoms with Gasteiger partial charge < -0.3 is 10.2 Å². The van der Waals surface area contributed by atoms with E-state index in [1.165, 1.54) is 23.2 Å². The van der Waals surface area contributed by atoms with Gasteiger partial charge in [0.05, 0.1) is 0 Å². The number of hydrogen-bond donors (Lipinski definition) is 1. The van der Waals surface area contributed by atoms with Crippen LogP contribution in [0.1, 0.15) is 38.3 Å². The molecule has 1 aliphatic heterocycles. The van der Waals surface area contributed by atoms with Crippen LogP contribution in [0.15, 0.2) is 18.2 Å². The van der Waals surface area contributed by atoms with E-state index < -0.39 is 0 Å². The Morgan fingerprint density at radius 3 is 2.44 bits per heavy atom. The van der Waals surface area contributed by atoms with Gasteiger partial charge >= 0.3 is 0 Å². The number of aryl methyl sites for hydroxylation is 2. The van der Waals surface area contributed by atoms with Crippen LogP contribution in [0.2, 0.25) is 0 Å². The summed E-state index contributed by atoms with van der Waals surface area (Å²) in [5.41, 5.74) is 4.41. The number of hydrogen-bond acceptors (Lipinski definition) is 2. The molecule has 1 unspecified atom stereocenters. The predicted octanol–water partition coefficient (Wildman–Crippen LogP) is 3.27. The fourth-order valence-electron chi connectivity index (χ4n) is 3.22. The minimum Gasteiger partial charge on any atom is -0.362 e. The molecule has 0 aliphatic carbocycles. The van der Waals surface area contributed by atoms with E-state index >= 15 is 0 Å². The first-order valence-corrected chi connectivity index (χ1v) is 7.00. The first-order chi connectivity index (χ1) is 8.43. The molecule has 0 spiro atoms. The first-order valence-electron chi connectivity index (χ1n) is 7.00. The Morgan fingerprint density at radius 2 is 1.83 bits per heavy atom. The van der Waals surface area contributed by atoms with Gasteiger partial charge in [0.15, 0.2) is 0 Å². The number of para-hydroxylation sites is 1. The van der Waals surface area contributed by atoms with E-state index in [0.29, 0.717) is 6.04 Å². The van der Waals surface area contributed by atoms with E-state index in [2.05, 4.69) is 63.0 Å². The molecule has 0 aromatic heterocycles. The van der Waals surface area contributed by atoms with Gasteiger partial charge in [0.2, 0.25) is 0 Å². The normalized spacial score (nSPS) is 23.8.